The molecule has 1 aromatic carbocycles. The molecule has 0 aromatic heterocycles. The molecule has 0 radical (unpaired) electrons. The minimum atomic E-state index is -0.413. The van der Waals surface area contributed by atoms with Crippen LogP contribution in [0.1, 0.15) is 37.0 Å². The number of aliphatic imine (C=N–C) groups is 1. The van der Waals surface area contributed by atoms with E-state index in [1.165, 1.54) is 18.2 Å². The number of halogens is 1. The Kier molecular flexibility index (Phi) is 5.27. The van der Waals surface area contributed by atoms with Gasteiger partial charge in [-0.05, 0) is 25.5 Å². The summed E-state index contributed by atoms with van der Waals surface area (Å²) in [7, 11) is 0. The largest absolute Gasteiger partial charge is 0.287 e. The predicted octanol–water partition coefficient (Wildman–Crippen LogP) is 3.78. The topological polar surface area (TPSA) is 29.4 Å². The van der Waals surface area contributed by atoms with Gasteiger partial charge < -0.3 is 0 Å². The van der Waals surface area contributed by atoms with Gasteiger partial charge >= 0.3 is 0 Å². The molecular weight excluding hydrogens is 217 g/mol. The van der Waals surface area contributed by atoms with Crippen LogP contribution in [0.5, 0.6) is 0 Å². The summed E-state index contributed by atoms with van der Waals surface area (Å²) in [5.41, 5.74) is 0.677. The summed E-state index contributed by atoms with van der Waals surface area (Å²) in [4.78, 5) is 16.1. The maximum absolute atomic E-state index is 13.0. The first-order valence-corrected chi connectivity index (χ1v) is 5.68. The van der Waals surface area contributed by atoms with E-state index in [1.54, 1.807) is 25.3 Å². The Balaban J connectivity index is 2.87. The van der Waals surface area contributed by atoms with E-state index >= 15 is 0 Å². The molecule has 0 saturated carbocycles. The van der Waals surface area contributed by atoms with Crippen LogP contribution in [0.3, 0.4) is 0 Å². The number of benzene rings is 1. The van der Waals surface area contributed by atoms with E-state index in [4.69, 9.17) is 0 Å². The quantitative estimate of drug-likeness (QED) is 0.432. The number of unbranched alkanes of at least 4 members (excludes halogenated alkanes) is 1. The van der Waals surface area contributed by atoms with Gasteiger partial charge in [-0.15, -0.1) is 0 Å². The zero-order valence-corrected chi connectivity index (χ0v) is 10.1. The lowest BCUT2D eigenvalue weighted by molar-refractivity contribution is 0.103. The lowest BCUT2D eigenvalue weighted by Gasteiger charge is -2.01. The van der Waals surface area contributed by atoms with Crippen molar-refractivity contribution >= 4 is 12.0 Å². The van der Waals surface area contributed by atoms with Crippen LogP contribution >= 0.6 is 0 Å². The van der Waals surface area contributed by atoms with E-state index in [0.29, 0.717) is 11.3 Å². The van der Waals surface area contributed by atoms with Crippen LogP contribution in [0.4, 0.5) is 4.39 Å². The number of Topliss-reactive ketones (excluding diaryl/α,β-unsaturated/α-hetero) is 1. The highest BCUT2D eigenvalue weighted by Crippen LogP contribution is 2.11. The zero-order chi connectivity index (χ0) is 12.7. The normalized spacial score (nSPS) is 12.1. The number of nitrogens with zero attached hydrogens (tertiary/aromatic N) is 1. The molecule has 0 fully saturated rings. The molecule has 0 heterocycles. The molecule has 3 heteroatoms. The van der Waals surface area contributed by atoms with Crippen molar-refractivity contribution in [2.45, 2.75) is 26.7 Å². The summed E-state index contributed by atoms with van der Waals surface area (Å²) >= 11 is 0. The molecule has 17 heavy (non-hydrogen) atoms. The average molecular weight is 233 g/mol. The van der Waals surface area contributed by atoms with Gasteiger partial charge in [0.1, 0.15) is 11.5 Å². The van der Waals surface area contributed by atoms with Gasteiger partial charge in [-0.3, -0.25) is 9.79 Å². The van der Waals surface area contributed by atoms with Crippen molar-refractivity contribution in [3.8, 4) is 0 Å². The van der Waals surface area contributed by atoms with Crippen LogP contribution in [0, 0.1) is 5.82 Å². The summed E-state index contributed by atoms with van der Waals surface area (Å²) in [5.74, 6) is -0.664. The van der Waals surface area contributed by atoms with Gasteiger partial charge in [0, 0.05) is 11.8 Å². The first kappa shape index (κ1) is 13.3. The third-order valence-electron chi connectivity index (χ3n) is 2.24. The Morgan fingerprint density at radius 2 is 2.24 bits per heavy atom. The predicted molar refractivity (Wildman–Crippen MR) is 67.9 cm³/mol. The first-order chi connectivity index (χ1) is 8.19. The summed E-state index contributed by atoms with van der Waals surface area (Å²) < 4.78 is 13.0. The molecular formula is C14H16FNO. The number of carbonyl (C=O) groups is 1. The lowest BCUT2D eigenvalue weighted by atomic mass is 10.1. The summed E-state index contributed by atoms with van der Waals surface area (Å²) in [5, 5.41) is 0. The van der Waals surface area contributed by atoms with Gasteiger partial charge in [0.05, 0.1) is 0 Å². The lowest BCUT2D eigenvalue weighted by Crippen LogP contribution is -2.02. The van der Waals surface area contributed by atoms with Crippen LogP contribution in [-0.2, 0) is 0 Å². The van der Waals surface area contributed by atoms with Crippen molar-refractivity contribution in [3.05, 3.63) is 47.4 Å². The highest BCUT2D eigenvalue weighted by Gasteiger charge is 2.10. The number of ketones is 1. The SMILES string of the molecule is C/C=C(\N=CCCC)C(=O)c1cccc(F)c1. The molecule has 1 rings (SSSR count). The number of hydrogen-bond donors (Lipinski definition) is 0. The first-order valence-electron chi connectivity index (χ1n) is 5.68. The minimum absolute atomic E-state index is 0.251. The second-order valence-corrected chi connectivity index (χ2v) is 3.61. The molecule has 0 spiro atoms. The van der Waals surface area contributed by atoms with Crippen molar-refractivity contribution < 1.29 is 9.18 Å². The third kappa shape index (κ3) is 3.94. The van der Waals surface area contributed by atoms with Crippen LogP contribution in [0.25, 0.3) is 0 Å². The maximum atomic E-state index is 13.0. The molecule has 90 valence electrons. The standard InChI is InChI=1S/C14H16FNO/c1-3-5-9-16-13(4-2)14(17)11-7-6-8-12(15)10-11/h4,6-10H,3,5H2,1-2H3/b13-4-,16-9?. The molecule has 0 aliphatic carbocycles. The number of carbonyl (C=O) groups excluding carboxylic acids is 1. The van der Waals surface area contributed by atoms with Crippen molar-refractivity contribution in [2.24, 2.45) is 4.99 Å². The molecule has 0 bridgehead atoms. The van der Waals surface area contributed by atoms with Gasteiger partial charge in [0.2, 0.25) is 5.78 Å². The van der Waals surface area contributed by atoms with Crippen LogP contribution in [0.2, 0.25) is 0 Å². The summed E-state index contributed by atoms with van der Waals surface area (Å²) in [6, 6.07) is 5.64. The molecule has 0 amide bonds. The highest BCUT2D eigenvalue weighted by molar-refractivity contribution is 6.09. The molecule has 0 aliphatic heterocycles. The van der Waals surface area contributed by atoms with Crippen molar-refractivity contribution in [2.75, 3.05) is 0 Å². The van der Waals surface area contributed by atoms with E-state index in [0.717, 1.165) is 12.8 Å². The molecule has 0 unspecified atom stereocenters. The molecule has 1 aromatic rings. The fraction of sp³-hybridized carbons (Fsp3) is 0.286. The Bertz CT molecular complexity index is 449. The number of allylic oxidation sites excluding steroid dienone is 2. The number of hydrogen-bond acceptors (Lipinski definition) is 2. The Hall–Kier alpha value is -1.77. The van der Waals surface area contributed by atoms with E-state index in [1.807, 2.05) is 6.92 Å². The van der Waals surface area contributed by atoms with Gasteiger partial charge in [-0.25, -0.2) is 4.39 Å². The Morgan fingerprint density at radius 3 is 2.82 bits per heavy atom. The second kappa shape index (κ2) is 6.74. The second-order valence-electron chi connectivity index (χ2n) is 3.61. The third-order valence-corrected chi connectivity index (χ3v) is 2.24. The zero-order valence-electron chi connectivity index (χ0n) is 10.1. The average Bonchev–Trinajstić information content (AvgIpc) is 2.34. The van der Waals surface area contributed by atoms with Crippen molar-refractivity contribution in [3.63, 3.8) is 0 Å². The van der Waals surface area contributed by atoms with E-state index in [-0.39, 0.29) is 5.78 Å². The maximum Gasteiger partial charge on any atom is 0.211 e. The smallest absolute Gasteiger partial charge is 0.211 e. The van der Waals surface area contributed by atoms with Crippen LogP contribution in [-0.4, -0.2) is 12.0 Å². The van der Waals surface area contributed by atoms with E-state index in [2.05, 4.69) is 4.99 Å². The summed E-state index contributed by atoms with van der Waals surface area (Å²) in [6.45, 7) is 3.78. The monoisotopic (exact) mass is 233 g/mol. The van der Waals surface area contributed by atoms with Crippen molar-refractivity contribution in [1.82, 2.24) is 0 Å². The fourth-order valence-electron chi connectivity index (χ4n) is 1.33. The van der Waals surface area contributed by atoms with Crippen LogP contribution < -0.4 is 0 Å². The highest BCUT2D eigenvalue weighted by atomic mass is 19.1. The van der Waals surface area contributed by atoms with E-state index < -0.39 is 5.82 Å². The number of rotatable bonds is 5. The Morgan fingerprint density at radius 1 is 1.47 bits per heavy atom. The summed E-state index contributed by atoms with van der Waals surface area (Å²) in [6.07, 6.45) is 5.16. The fourth-order valence-corrected chi connectivity index (χ4v) is 1.33. The van der Waals surface area contributed by atoms with Crippen LogP contribution in [0.15, 0.2) is 41.0 Å². The molecule has 2 nitrogen and oxygen atoms in total. The van der Waals surface area contributed by atoms with E-state index in [9.17, 15) is 9.18 Å². The van der Waals surface area contributed by atoms with Gasteiger partial charge in [0.15, 0.2) is 0 Å². The van der Waals surface area contributed by atoms with Gasteiger partial charge in [-0.1, -0.05) is 31.6 Å². The molecule has 0 saturated heterocycles. The van der Waals surface area contributed by atoms with Gasteiger partial charge in [0.25, 0.3) is 0 Å². The van der Waals surface area contributed by atoms with Gasteiger partial charge in [-0.2, -0.15) is 0 Å². The molecule has 0 aliphatic rings. The minimum Gasteiger partial charge on any atom is -0.287 e. The van der Waals surface area contributed by atoms with Crippen molar-refractivity contribution in [1.29, 1.82) is 0 Å². The molecule has 0 atom stereocenters. The molecule has 0 N–H and O–H groups in total. The Labute approximate surface area is 101 Å².